The molecular formula is C11H10ClFN4OS2. The van der Waals surface area contributed by atoms with Crippen LogP contribution in [0.2, 0.25) is 5.02 Å². The van der Waals surface area contributed by atoms with Crippen LogP contribution in [0.3, 0.4) is 0 Å². The molecule has 0 radical (unpaired) electrons. The van der Waals surface area contributed by atoms with Crippen LogP contribution in [0, 0.1) is 5.82 Å². The van der Waals surface area contributed by atoms with Gasteiger partial charge in [-0.05, 0) is 25.1 Å². The number of amides is 1. The summed E-state index contributed by atoms with van der Waals surface area (Å²) in [5.41, 5.74) is 5.83. The highest BCUT2D eigenvalue weighted by molar-refractivity contribution is 8.02. The Kier molecular flexibility index (Phi) is 4.79. The van der Waals surface area contributed by atoms with Crippen LogP contribution in [-0.2, 0) is 4.79 Å². The minimum atomic E-state index is -0.459. The summed E-state index contributed by atoms with van der Waals surface area (Å²) in [6.07, 6.45) is 0. The number of nitrogens with two attached hydrogens (primary N) is 1. The Labute approximate surface area is 127 Å². The van der Waals surface area contributed by atoms with Gasteiger partial charge in [0.2, 0.25) is 11.0 Å². The largest absolute Gasteiger partial charge is 0.374 e. The molecule has 2 aromatic rings. The Morgan fingerprint density at radius 3 is 2.90 bits per heavy atom. The third kappa shape index (κ3) is 3.81. The number of nitrogen functional groups attached to an aromatic ring is 1. The van der Waals surface area contributed by atoms with E-state index in [4.69, 9.17) is 17.3 Å². The molecule has 0 unspecified atom stereocenters. The van der Waals surface area contributed by atoms with Gasteiger partial charge in [-0.1, -0.05) is 34.7 Å². The van der Waals surface area contributed by atoms with E-state index >= 15 is 0 Å². The van der Waals surface area contributed by atoms with Gasteiger partial charge in [-0.15, -0.1) is 10.2 Å². The zero-order valence-electron chi connectivity index (χ0n) is 10.3. The molecule has 20 heavy (non-hydrogen) atoms. The third-order valence-electron chi connectivity index (χ3n) is 2.26. The molecule has 9 heteroatoms. The second-order valence-electron chi connectivity index (χ2n) is 3.78. The minimum absolute atomic E-state index is 0.149. The summed E-state index contributed by atoms with van der Waals surface area (Å²) in [5, 5.41) is 10.2. The van der Waals surface area contributed by atoms with Gasteiger partial charge in [0.05, 0.1) is 16.0 Å². The standard InChI is InChI=1S/C11H10ClFN4OS2/c1-5(19-11-17-16-10(14)20-11)9(18)15-8-3-2-6(13)4-7(8)12/h2-5H,1H3,(H2,14,16)(H,15,18)/t5-/m1/s1. The van der Waals surface area contributed by atoms with Crippen molar-refractivity contribution < 1.29 is 9.18 Å². The number of carbonyl (C=O) groups excluding carboxylic acids is 1. The number of halogens is 2. The maximum atomic E-state index is 12.9. The molecule has 1 atom stereocenters. The van der Waals surface area contributed by atoms with Gasteiger partial charge >= 0.3 is 0 Å². The molecule has 0 fully saturated rings. The first-order valence-corrected chi connectivity index (χ1v) is 7.54. The number of thioether (sulfide) groups is 1. The van der Waals surface area contributed by atoms with E-state index in [1.54, 1.807) is 6.92 Å². The smallest absolute Gasteiger partial charge is 0.237 e. The molecule has 106 valence electrons. The average Bonchev–Trinajstić information content (AvgIpc) is 2.78. The molecule has 1 amide bonds. The molecule has 2 rings (SSSR count). The molecular weight excluding hydrogens is 323 g/mol. The highest BCUT2D eigenvalue weighted by atomic mass is 35.5. The van der Waals surface area contributed by atoms with Crippen LogP contribution in [0.5, 0.6) is 0 Å². The van der Waals surface area contributed by atoms with Gasteiger partial charge in [0.25, 0.3) is 0 Å². The fraction of sp³-hybridized carbons (Fsp3) is 0.182. The number of benzene rings is 1. The summed E-state index contributed by atoms with van der Waals surface area (Å²) in [4.78, 5) is 12.0. The predicted molar refractivity (Wildman–Crippen MR) is 79.7 cm³/mol. The lowest BCUT2D eigenvalue weighted by Gasteiger charge is -2.11. The molecule has 0 aliphatic carbocycles. The van der Waals surface area contributed by atoms with Crippen molar-refractivity contribution in [3.05, 3.63) is 29.0 Å². The second kappa shape index (κ2) is 6.38. The van der Waals surface area contributed by atoms with Crippen molar-refractivity contribution >= 4 is 51.4 Å². The number of nitrogens with one attached hydrogen (secondary N) is 1. The highest BCUT2D eigenvalue weighted by Crippen LogP contribution is 2.29. The van der Waals surface area contributed by atoms with E-state index in [9.17, 15) is 9.18 Å². The quantitative estimate of drug-likeness (QED) is 0.841. The van der Waals surface area contributed by atoms with Crippen LogP contribution in [0.4, 0.5) is 15.2 Å². The van der Waals surface area contributed by atoms with E-state index in [-0.39, 0.29) is 10.9 Å². The maximum absolute atomic E-state index is 12.9. The predicted octanol–water partition coefficient (Wildman–Crippen LogP) is 3.03. The molecule has 5 nitrogen and oxygen atoms in total. The number of rotatable bonds is 4. The first-order valence-electron chi connectivity index (χ1n) is 5.47. The van der Waals surface area contributed by atoms with Crippen LogP contribution in [0.15, 0.2) is 22.5 Å². The highest BCUT2D eigenvalue weighted by Gasteiger charge is 2.18. The van der Waals surface area contributed by atoms with Crippen molar-refractivity contribution in [3.8, 4) is 0 Å². The molecule has 0 saturated heterocycles. The van der Waals surface area contributed by atoms with Crippen molar-refractivity contribution in [2.75, 3.05) is 11.1 Å². The van der Waals surface area contributed by atoms with Crippen LogP contribution < -0.4 is 11.1 Å². The van der Waals surface area contributed by atoms with Crippen molar-refractivity contribution in [1.29, 1.82) is 0 Å². The van der Waals surface area contributed by atoms with Crippen molar-refractivity contribution in [2.24, 2.45) is 0 Å². The fourth-order valence-electron chi connectivity index (χ4n) is 1.30. The van der Waals surface area contributed by atoms with Gasteiger partial charge in [0.1, 0.15) is 5.82 Å². The summed E-state index contributed by atoms with van der Waals surface area (Å²) in [5.74, 6) is -0.725. The van der Waals surface area contributed by atoms with E-state index in [0.717, 1.165) is 6.07 Å². The van der Waals surface area contributed by atoms with Crippen molar-refractivity contribution in [1.82, 2.24) is 10.2 Å². The Balaban J connectivity index is 2.00. The number of aromatic nitrogens is 2. The van der Waals surface area contributed by atoms with Crippen molar-refractivity contribution in [2.45, 2.75) is 16.5 Å². The third-order valence-corrected chi connectivity index (χ3v) is 4.51. The molecule has 0 aliphatic rings. The summed E-state index contributed by atoms with van der Waals surface area (Å²) in [6, 6.07) is 3.78. The lowest BCUT2D eigenvalue weighted by Crippen LogP contribution is -2.22. The minimum Gasteiger partial charge on any atom is -0.374 e. The Morgan fingerprint density at radius 2 is 2.30 bits per heavy atom. The van der Waals surface area contributed by atoms with Gasteiger partial charge in [-0.2, -0.15) is 0 Å². The lowest BCUT2D eigenvalue weighted by atomic mass is 10.3. The molecule has 1 heterocycles. The van der Waals surface area contributed by atoms with Crippen LogP contribution in [0.1, 0.15) is 6.92 Å². The molecule has 0 aliphatic heterocycles. The summed E-state index contributed by atoms with van der Waals surface area (Å²) >= 11 is 8.29. The molecule has 0 bridgehead atoms. The zero-order chi connectivity index (χ0) is 14.7. The van der Waals surface area contributed by atoms with Gasteiger partial charge in [-0.25, -0.2) is 4.39 Å². The number of carbonyl (C=O) groups is 1. The normalized spacial score (nSPS) is 12.2. The Hall–Kier alpha value is -1.38. The average molecular weight is 333 g/mol. The van der Waals surface area contributed by atoms with Gasteiger partial charge in [0.15, 0.2) is 4.34 Å². The van der Waals surface area contributed by atoms with Crippen LogP contribution in [0.25, 0.3) is 0 Å². The number of hydrogen-bond acceptors (Lipinski definition) is 6. The molecule has 1 aromatic carbocycles. The van der Waals surface area contributed by atoms with Crippen molar-refractivity contribution in [3.63, 3.8) is 0 Å². The topological polar surface area (TPSA) is 80.9 Å². The fourth-order valence-corrected chi connectivity index (χ4v) is 3.29. The lowest BCUT2D eigenvalue weighted by molar-refractivity contribution is -0.115. The SMILES string of the molecule is C[C@@H](Sc1nnc(N)s1)C(=O)Nc1ccc(F)cc1Cl. The number of anilines is 2. The monoisotopic (exact) mass is 332 g/mol. The van der Waals surface area contributed by atoms with E-state index in [0.29, 0.717) is 15.2 Å². The number of hydrogen-bond donors (Lipinski definition) is 2. The summed E-state index contributed by atoms with van der Waals surface area (Å²) < 4.78 is 13.5. The van der Waals surface area contributed by atoms with Crippen LogP contribution >= 0.6 is 34.7 Å². The van der Waals surface area contributed by atoms with E-state index in [1.807, 2.05) is 0 Å². The first kappa shape index (κ1) is 15.0. The molecule has 0 saturated carbocycles. The Morgan fingerprint density at radius 1 is 1.55 bits per heavy atom. The Bertz CT molecular complexity index is 637. The van der Waals surface area contributed by atoms with Gasteiger partial charge in [0, 0.05) is 0 Å². The van der Waals surface area contributed by atoms with Gasteiger partial charge in [-0.3, -0.25) is 4.79 Å². The number of nitrogens with zero attached hydrogens (tertiary/aromatic N) is 2. The molecule has 0 spiro atoms. The summed E-state index contributed by atoms with van der Waals surface area (Å²) in [6.45, 7) is 1.72. The molecule has 1 aromatic heterocycles. The first-order chi connectivity index (χ1) is 9.45. The van der Waals surface area contributed by atoms with E-state index in [1.165, 1.54) is 35.2 Å². The maximum Gasteiger partial charge on any atom is 0.237 e. The summed E-state index contributed by atoms with van der Waals surface area (Å²) in [7, 11) is 0. The van der Waals surface area contributed by atoms with Crippen LogP contribution in [-0.4, -0.2) is 21.4 Å². The van der Waals surface area contributed by atoms with Gasteiger partial charge < -0.3 is 11.1 Å². The second-order valence-corrected chi connectivity index (χ2v) is 6.78. The zero-order valence-corrected chi connectivity index (χ0v) is 12.7. The molecule has 3 N–H and O–H groups in total. The van der Waals surface area contributed by atoms with E-state index in [2.05, 4.69) is 15.5 Å². The van der Waals surface area contributed by atoms with E-state index < -0.39 is 11.1 Å².